The van der Waals surface area contributed by atoms with Gasteiger partial charge in [-0.1, -0.05) is 11.6 Å². The summed E-state index contributed by atoms with van der Waals surface area (Å²) >= 11 is 6.11. The molecule has 1 aromatic rings. The first-order valence-corrected chi connectivity index (χ1v) is 7.24. The van der Waals surface area contributed by atoms with Crippen molar-refractivity contribution >= 4 is 23.0 Å². The Bertz CT molecular complexity index is 495. The van der Waals surface area contributed by atoms with Crippen molar-refractivity contribution in [2.45, 2.75) is 25.8 Å². The SMILES string of the molecule is CC(Nc1ccc([N+](=O)[O-])cc1Cl)C1CCCN(C)C1. The molecule has 6 heteroatoms. The first kappa shape index (κ1) is 15.1. The monoisotopic (exact) mass is 297 g/mol. The minimum Gasteiger partial charge on any atom is -0.381 e. The number of nitrogens with zero attached hydrogens (tertiary/aromatic N) is 2. The van der Waals surface area contributed by atoms with Gasteiger partial charge in [-0.15, -0.1) is 0 Å². The fourth-order valence-corrected chi connectivity index (χ4v) is 2.94. The molecule has 1 aliphatic heterocycles. The van der Waals surface area contributed by atoms with Crippen LogP contribution in [0.1, 0.15) is 19.8 Å². The maximum atomic E-state index is 10.7. The summed E-state index contributed by atoms with van der Waals surface area (Å²) in [6, 6.07) is 4.85. The lowest BCUT2D eigenvalue weighted by molar-refractivity contribution is -0.384. The zero-order valence-electron chi connectivity index (χ0n) is 11.8. The van der Waals surface area contributed by atoms with E-state index in [1.807, 2.05) is 0 Å². The third-order valence-corrected chi connectivity index (χ3v) is 4.23. The highest BCUT2D eigenvalue weighted by Crippen LogP contribution is 2.29. The maximum absolute atomic E-state index is 10.7. The minimum atomic E-state index is -0.435. The van der Waals surface area contributed by atoms with Gasteiger partial charge in [-0.2, -0.15) is 0 Å². The van der Waals surface area contributed by atoms with Crippen molar-refractivity contribution in [1.29, 1.82) is 0 Å². The van der Waals surface area contributed by atoms with Gasteiger partial charge < -0.3 is 10.2 Å². The Hall–Kier alpha value is -1.33. The van der Waals surface area contributed by atoms with Gasteiger partial charge in [-0.3, -0.25) is 10.1 Å². The molecule has 1 heterocycles. The molecule has 0 spiro atoms. The van der Waals surface area contributed by atoms with Crippen LogP contribution in [-0.2, 0) is 0 Å². The fourth-order valence-electron chi connectivity index (χ4n) is 2.71. The first-order valence-electron chi connectivity index (χ1n) is 6.86. The molecule has 110 valence electrons. The van der Waals surface area contributed by atoms with E-state index in [0.29, 0.717) is 10.9 Å². The smallest absolute Gasteiger partial charge is 0.271 e. The van der Waals surface area contributed by atoms with Crippen molar-refractivity contribution in [3.8, 4) is 0 Å². The van der Waals surface area contributed by atoms with Crippen LogP contribution in [0.15, 0.2) is 18.2 Å². The van der Waals surface area contributed by atoms with Gasteiger partial charge in [0, 0.05) is 24.7 Å². The van der Waals surface area contributed by atoms with E-state index in [1.165, 1.54) is 25.0 Å². The Balaban J connectivity index is 2.03. The van der Waals surface area contributed by atoms with Crippen LogP contribution in [0.2, 0.25) is 5.02 Å². The Kier molecular flexibility index (Phi) is 4.83. The van der Waals surface area contributed by atoms with Crippen LogP contribution in [0.25, 0.3) is 0 Å². The molecule has 20 heavy (non-hydrogen) atoms. The van der Waals surface area contributed by atoms with Gasteiger partial charge in [0.05, 0.1) is 15.6 Å². The molecule has 1 N–H and O–H groups in total. The van der Waals surface area contributed by atoms with Gasteiger partial charge in [-0.05, 0) is 45.3 Å². The van der Waals surface area contributed by atoms with Crippen LogP contribution in [0.5, 0.6) is 0 Å². The number of piperidine rings is 1. The van der Waals surface area contributed by atoms with Gasteiger partial charge in [0.2, 0.25) is 0 Å². The molecule has 0 aromatic heterocycles. The number of halogens is 1. The molecule has 2 rings (SSSR count). The second-order valence-corrected chi connectivity index (χ2v) is 5.93. The molecular weight excluding hydrogens is 278 g/mol. The van der Waals surface area contributed by atoms with Crippen LogP contribution < -0.4 is 5.32 Å². The summed E-state index contributed by atoms with van der Waals surface area (Å²) in [6.45, 7) is 4.36. The molecular formula is C14H20ClN3O2. The van der Waals surface area contributed by atoms with Crippen LogP contribution in [0.4, 0.5) is 11.4 Å². The lowest BCUT2D eigenvalue weighted by atomic mass is 9.92. The topological polar surface area (TPSA) is 58.4 Å². The third-order valence-electron chi connectivity index (χ3n) is 3.91. The van der Waals surface area contributed by atoms with Crippen molar-refractivity contribution in [2.75, 3.05) is 25.5 Å². The number of nitrogens with one attached hydrogen (secondary N) is 1. The van der Waals surface area contributed by atoms with E-state index in [9.17, 15) is 10.1 Å². The molecule has 2 atom stereocenters. The van der Waals surface area contributed by atoms with Crippen molar-refractivity contribution in [2.24, 2.45) is 5.92 Å². The first-order chi connectivity index (χ1) is 9.47. The number of nitro benzene ring substituents is 1. The molecule has 5 nitrogen and oxygen atoms in total. The average Bonchev–Trinajstić information content (AvgIpc) is 2.40. The summed E-state index contributed by atoms with van der Waals surface area (Å²) < 4.78 is 0. The number of anilines is 1. The molecule has 0 aliphatic carbocycles. The summed E-state index contributed by atoms with van der Waals surface area (Å²) in [5.41, 5.74) is 0.781. The van der Waals surface area contributed by atoms with Gasteiger partial charge in [0.25, 0.3) is 5.69 Å². The number of hydrogen-bond acceptors (Lipinski definition) is 4. The highest BCUT2D eigenvalue weighted by molar-refractivity contribution is 6.33. The molecule has 0 saturated carbocycles. The Labute approximate surface area is 124 Å². The summed E-state index contributed by atoms with van der Waals surface area (Å²) in [4.78, 5) is 12.6. The predicted molar refractivity (Wildman–Crippen MR) is 81.4 cm³/mol. The largest absolute Gasteiger partial charge is 0.381 e. The standard InChI is InChI=1S/C14H20ClN3O2/c1-10(11-4-3-7-17(2)9-11)16-14-6-5-12(18(19)20)8-13(14)15/h5-6,8,10-11,16H,3-4,7,9H2,1-2H3. The molecule has 1 aromatic carbocycles. The summed E-state index contributed by atoms with van der Waals surface area (Å²) in [5, 5.41) is 14.5. The Morgan fingerprint density at radius 3 is 2.90 bits per heavy atom. The lowest BCUT2D eigenvalue weighted by Gasteiger charge is -2.34. The van der Waals surface area contributed by atoms with Crippen molar-refractivity contribution in [3.05, 3.63) is 33.3 Å². The highest BCUT2D eigenvalue weighted by atomic mass is 35.5. The van der Waals surface area contributed by atoms with E-state index in [1.54, 1.807) is 6.07 Å². The zero-order chi connectivity index (χ0) is 14.7. The van der Waals surface area contributed by atoms with Crippen LogP contribution in [0.3, 0.4) is 0 Å². The molecule has 0 radical (unpaired) electrons. The maximum Gasteiger partial charge on any atom is 0.271 e. The lowest BCUT2D eigenvalue weighted by Crippen LogP contribution is -2.39. The second-order valence-electron chi connectivity index (χ2n) is 5.52. The average molecular weight is 298 g/mol. The number of rotatable bonds is 4. The zero-order valence-corrected chi connectivity index (χ0v) is 12.6. The van der Waals surface area contributed by atoms with E-state index in [2.05, 4.69) is 24.2 Å². The predicted octanol–water partition coefficient (Wildman–Crippen LogP) is 3.39. The van der Waals surface area contributed by atoms with E-state index in [-0.39, 0.29) is 11.7 Å². The minimum absolute atomic E-state index is 0.0191. The normalized spacial score (nSPS) is 21.4. The number of non-ortho nitro benzene ring substituents is 1. The van der Waals surface area contributed by atoms with E-state index < -0.39 is 4.92 Å². The Morgan fingerprint density at radius 2 is 2.30 bits per heavy atom. The van der Waals surface area contributed by atoms with Crippen LogP contribution in [0, 0.1) is 16.0 Å². The molecule has 0 bridgehead atoms. The van der Waals surface area contributed by atoms with Crippen molar-refractivity contribution in [1.82, 2.24) is 4.90 Å². The number of hydrogen-bond donors (Lipinski definition) is 1. The molecule has 1 fully saturated rings. The number of nitro groups is 1. The van der Waals surface area contributed by atoms with Gasteiger partial charge in [0.1, 0.15) is 0 Å². The van der Waals surface area contributed by atoms with Crippen LogP contribution in [-0.4, -0.2) is 36.0 Å². The van der Waals surface area contributed by atoms with E-state index >= 15 is 0 Å². The number of benzene rings is 1. The molecule has 1 saturated heterocycles. The van der Waals surface area contributed by atoms with Crippen molar-refractivity contribution in [3.63, 3.8) is 0 Å². The Morgan fingerprint density at radius 1 is 1.55 bits per heavy atom. The van der Waals surface area contributed by atoms with Gasteiger partial charge in [0.15, 0.2) is 0 Å². The van der Waals surface area contributed by atoms with Crippen molar-refractivity contribution < 1.29 is 4.92 Å². The highest BCUT2D eigenvalue weighted by Gasteiger charge is 2.23. The summed E-state index contributed by atoms with van der Waals surface area (Å²) in [7, 11) is 2.14. The quantitative estimate of drug-likeness (QED) is 0.683. The van der Waals surface area contributed by atoms with Crippen LogP contribution >= 0.6 is 11.6 Å². The molecule has 2 unspecified atom stereocenters. The van der Waals surface area contributed by atoms with E-state index in [0.717, 1.165) is 18.8 Å². The fraction of sp³-hybridized carbons (Fsp3) is 0.571. The molecule has 0 amide bonds. The number of likely N-dealkylation sites (tertiary alicyclic amines) is 1. The summed E-state index contributed by atoms with van der Waals surface area (Å²) in [6.07, 6.45) is 2.41. The second kappa shape index (κ2) is 6.41. The van der Waals surface area contributed by atoms with Gasteiger partial charge in [-0.25, -0.2) is 0 Å². The summed E-state index contributed by atoms with van der Waals surface area (Å²) in [5.74, 6) is 0.569. The van der Waals surface area contributed by atoms with E-state index in [4.69, 9.17) is 11.6 Å². The van der Waals surface area contributed by atoms with Gasteiger partial charge >= 0.3 is 0 Å². The third kappa shape index (κ3) is 3.61. The molecule has 1 aliphatic rings.